The van der Waals surface area contributed by atoms with Crippen molar-refractivity contribution in [2.45, 2.75) is 19.5 Å². The molecule has 0 radical (unpaired) electrons. The van der Waals surface area contributed by atoms with E-state index in [0.717, 1.165) is 12.2 Å². The van der Waals surface area contributed by atoms with Crippen LogP contribution in [0.4, 0.5) is 0 Å². The Morgan fingerprint density at radius 3 is 2.93 bits per heavy atom. The molecule has 0 aliphatic carbocycles. The quantitative estimate of drug-likeness (QED) is 0.853. The van der Waals surface area contributed by atoms with E-state index < -0.39 is 0 Å². The van der Waals surface area contributed by atoms with Crippen molar-refractivity contribution in [2.75, 3.05) is 0 Å². The van der Waals surface area contributed by atoms with Gasteiger partial charge in [0.15, 0.2) is 0 Å². The van der Waals surface area contributed by atoms with E-state index in [1.807, 2.05) is 11.7 Å². The maximum absolute atomic E-state index is 4.24. The first kappa shape index (κ1) is 10.2. The molecule has 5 heteroatoms. The van der Waals surface area contributed by atoms with Crippen LogP contribution in [0.3, 0.4) is 0 Å². The minimum atomic E-state index is 0.209. The maximum atomic E-state index is 4.24. The largest absolute Gasteiger partial charge is 0.304 e. The lowest BCUT2D eigenvalue weighted by Crippen LogP contribution is -2.18. The minimum absolute atomic E-state index is 0.209. The minimum Gasteiger partial charge on any atom is -0.304 e. The molecule has 0 amide bonds. The standard InChI is InChI=1S/C10H12N4S/c1-8(10-6-11-2-3-13-10)14-5-9-4-12-7-15-9/h2-4,6-8,14H,5H2,1H3. The van der Waals surface area contributed by atoms with Crippen molar-refractivity contribution in [3.05, 3.63) is 40.9 Å². The smallest absolute Gasteiger partial charge is 0.0794 e. The Morgan fingerprint density at radius 1 is 1.33 bits per heavy atom. The third kappa shape index (κ3) is 2.81. The molecule has 0 aliphatic heterocycles. The summed E-state index contributed by atoms with van der Waals surface area (Å²) in [5, 5.41) is 3.37. The van der Waals surface area contributed by atoms with Crippen LogP contribution in [0.1, 0.15) is 23.5 Å². The summed E-state index contributed by atoms with van der Waals surface area (Å²) in [5.41, 5.74) is 2.80. The molecule has 15 heavy (non-hydrogen) atoms. The van der Waals surface area contributed by atoms with Crippen molar-refractivity contribution in [3.63, 3.8) is 0 Å². The molecule has 0 aliphatic rings. The summed E-state index contributed by atoms with van der Waals surface area (Å²) >= 11 is 1.65. The molecule has 0 spiro atoms. The molecule has 2 aromatic rings. The first-order valence-corrected chi connectivity index (χ1v) is 5.61. The summed E-state index contributed by atoms with van der Waals surface area (Å²) < 4.78 is 0. The monoisotopic (exact) mass is 220 g/mol. The molecule has 0 aromatic carbocycles. The van der Waals surface area contributed by atoms with E-state index in [2.05, 4.69) is 27.2 Å². The first-order valence-electron chi connectivity index (χ1n) is 4.73. The third-order valence-electron chi connectivity index (χ3n) is 2.09. The number of hydrogen-bond donors (Lipinski definition) is 1. The van der Waals surface area contributed by atoms with Crippen molar-refractivity contribution in [1.29, 1.82) is 0 Å². The molecule has 0 bridgehead atoms. The van der Waals surface area contributed by atoms with E-state index in [1.165, 1.54) is 4.88 Å². The highest BCUT2D eigenvalue weighted by Gasteiger charge is 2.05. The summed E-state index contributed by atoms with van der Waals surface area (Å²) in [6.45, 7) is 2.90. The van der Waals surface area contributed by atoms with Gasteiger partial charge in [0.25, 0.3) is 0 Å². The molecule has 2 aromatic heterocycles. The van der Waals surface area contributed by atoms with Crippen molar-refractivity contribution >= 4 is 11.3 Å². The van der Waals surface area contributed by atoms with Crippen LogP contribution >= 0.6 is 11.3 Å². The van der Waals surface area contributed by atoms with Crippen molar-refractivity contribution in [2.24, 2.45) is 0 Å². The van der Waals surface area contributed by atoms with Gasteiger partial charge in [-0.2, -0.15) is 0 Å². The van der Waals surface area contributed by atoms with Crippen LogP contribution in [0, 0.1) is 0 Å². The third-order valence-corrected chi connectivity index (χ3v) is 2.87. The van der Waals surface area contributed by atoms with Crippen LogP contribution in [0.25, 0.3) is 0 Å². The van der Waals surface area contributed by atoms with Gasteiger partial charge < -0.3 is 5.32 Å². The number of aromatic nitrogens is 3. The van der Waals surface area contributed by atoms with Gasteiger partial charge in [-0.3, -0.25) is 15.0 Å². The van der Waals surface area contributed by atoms with Crippen molar-refractivity contribution < 1.29 is 0 Å². The Morgan fingerprint density at radius 2 is 2.27 bits per heavy atom. The highest BCUT2D eigenvalue weighted by Crippen LogP contribution is 2.10. The zero-order valence-electron chi connectivity index (χ0n) is 8.42. The molecule has 1 N–H and O–H groups in total. The van der Waals surface area contributed by atoms with E-state index >= 15 is 0 Å². The van der Waals surface area contributed by atoms with Gasteiger partial charge in [-0.15, -0.1) is 11.3 Å². The summed E-state index contributed by atoms with van der Waals surface area (Å²) in [4.78, 5) is 13.5. The molecule has 2 rings (SSSR count). The summed E-state index contributed by atoms with van der Waals surface area (Å²) in [7, 11) is 0. The van der Waals surface area contributed by atoms with Crippen LogP contribution in [-0.4, -0.2) is 15.0 Å². The molecule has 1 unspecified atom stereocenters. The van der Waals surface area contributed by atoms with Gasteiger partial charge >= 0.3 is 0 Å². The molecule has 2 heterocycles. The molecular formula is C10H12N4S. The van der Waals surface area contributed by atoms with Crippen LogP contribution in [0.2, 0.25) is 0 Å². The molecule has 0 fully saturated rings. The second kappa shape index (κ2) is 4.95. The summed E-state index contributed by atoms with van der Waals surface area (Å²) in [6, 6.07) is 0.209. The zero-order chi connectivity index (χ0) is 10.5. The van der Waals surface area contributed by atoms with Gasteiger partial charge in [0, 0.05) is 42.3 Å². The van der Waals surface area contributed by atoms with Gasteiger partial charge in [0.05, 0.1) is 11.2 Å². The summed E-state index contributed by atoms with van der Waals surface area (Å²) in [5.74, 6) is 0. The summed E-state index contributed by atoms with van der Waals surface area (Å²) in [6.07, 6.45) is 7.05. The average molecular weight is 220 g/mol. The van der Waals surface area contributed by atoms with Gasteiger partial charge in [-0.25, -0.2) is 0 Å². The number of nitrogens with one attached hydrogen (secondary N) is 1. The van der Waals surface area contributed by atoms with Crippen LogP contribution in [0.5, 0.6) is 0 Å². The van der Waals surface area contributed by atoms with Gasteiger partial charge in [-0.05, 0) is 6.92 Å². The van der Waals surface area contributed by atoms with E-state index in [-0.39, 0.29) is 6.04 Å². The Balaban J connectivity index is 1.90. The SMILES string of the molecule is CC(NCc1cncs1)c1cnccn1. The number of rotatable bonds is 4. The second-order valence-corrected chi connectivity index (χ2v) is 4.17. The molecular weight excluding hydrogens is 208 g/mol. The first-order chi connectivity index (χ1) is 7.36. The predicted octanol–water partition coefficient (Wildman–Crippen LogP) is 1.78. The molecule has 1 atom stereocenters. The number of nitrogens with zero attached hydrogens (tertiary/aromatic N) is 3. The second-order valence-electron chi connectivity index (χ2n) is 3.20. The number of hydrogen-bond acceptors (Lipinski definition) is 5. The van der Waals surface area contributed by atoms with E-state index in [0.29, 0.717) is 0 Å². The Kier molecular flexibility index (Phi) is 3.37. The van der Waals surface area contributed by atoms with Gasteiger partial charge in [0.2, 0.25) is 0 Å². The Bertz CT molecular complexity index is 387. The highest BCUT2D eigenvalue weighted by molar-refractivity contribution is 7.09. The molecule has 0 saturated heterocycles. The van der Waals surface area contributed by atoms with E-state index in [9.17, 15) is 0 Å². The topological polar surface area (TPSA) is 50.7 Å². The zero-order valence-corrected chi connectivity index (χ0v) is 9.24. The lowest BCUT2D eigenvalue weighted by Gasteiger charge is -2.11. The molecule has 4 nitrogen and oxygen atoms in total. The lowest BCUT2D eigenvalue weighted by molar-refractivity contribution is 0.562. The fraction of sp³-hybridized carbons (Fsp3) is 0.300. The van der Waals surface area contributed by atoms with E-state index in [4.69, 9.17) is 0 Å². The normalized spacial score (nSPS) is 12.6. The van der Waals surface area contributed by atoms with Crippen LogP contribution in [-0.2, 0) is 6.54 Å². The van der Waals surface area contributed by atoms with Crippen molar-refractivity contribution in [3.8, 4) is 0 Å². The fourth-order valence-corrected chi connectivity index (χ4v) is 1.77. The maximum Gasteiger partial charge on any atom is 0.0794 e. The number of thiazole rings is 1. The van der Waals surface area contributed by atoms with Gasteiger partial charge in [0.1, 0.15) is 0 Å². The molecule has 78 valence electrons. The lowest BCUT2D eigenvalue weighted by atomic mass is 10.2. The average Bonchev–Trinajstić information content (AvgIpc) is 2.80. The van der Waals surface area contributed by atoms with Crippen molar-refractivity contribution in [1.82, 2.24) is 20.3 Å². The Labute approximate surface area is 92.4 Å². The Hall–Kier alpha value is -1.33. The predicted molar refractivity (Wildman–Crippen MR) is 59.4 cm³/mol. The van der Waals surface area contributed by atoms with Crippen LogP contribution in [0.15, 0.2) is 30.3 Å². The highest BCUT2D eigenvalue weighted by atomic mass is 32.1. The van der Waals surface area contributed by atoms with E-state index in [1.54, 1.807) is 29.9 Å². The fourth-order valence-electron chi connectivity index (χ4n) is 1.22. The van der Waals surface area contributed by atoms with Gasteiger partial charge in [-0.1, -0.05) is 0 Å². The molecule has 0 saturated carbocycles. The van der Waals surface area contributed by atoms with Crippen LogP contribution < -0.4 is 5.32 Å².